The molecule has 9 heteroatoms. The Balaban J connectivity index is 1.35. The minimum atomic E-state index is -1.13. The average Bonchev–Trinajstić information content (AvgIpc) is 3.36. The largest absolute Gasteiger partial charge is 0.497 e. The number of hydrogen-bond donors (Lipinski definition) is 1. The van der Waals surface area contributed by atoms with E-state index in [1.807, 2.05) is 29.8 Å². The maximum absolute atomic E-state index is 15.4. The molecule has 0 bridgehead atoms. The second-order valence-corrected chi connectivity index (χ2v) is 10.9. The van der Waals surface area contributed by atoms with Crippen LogP contribution in [0.1, 0.15) is 37.4 Å². The van der Waals surface area contributed by atoms with E-state index < -0.39 is 12.1 Å². The molecule has 0 aliphatic carbocycles. The first kappa shape index (κ1) is 24.9. The third-order valence-electron chi connectivity index (χ3n) is 6.57. The van der Waals surface area contributed by atoms with Gasteiger partial charge in [-0.25, -0.2) is 9.37 Å². The van der Waals surface area contributed by atoms with E-state index in [0.29, 0.717) is 24.2 Å². The molecule has 0 unspecified atom stereocenters. The molecule has 0 radical (unpaired) electrons. The van der Waals surface area contributed by atoms with Crippen LogP contribution in [0.15, 0.2) is 46.4 Å². The van der Waals surface area contributed by atoms with Crippen molar-refractivity contribution in [1.82, 2.24) is 14.9 Å². The number of fused-ring (bicyclic) bond motifs is 1. The molecule has 0 amide bonds. The summed E-state index contributed by atoms with van der Waals surface area (Å²) >= 11 is 3.38. The third kappa shape index (κ3) is 6.46. The molecule has 182 valence electrons. The highest BCUT2D eigenvalue weighted by atomic mass is 32.2. The Kier molecular flexibility index (Phi) is 8.74. The van der Waals surface area contributed by atoms with Crippen molar-refractivity contribution in [1.29, 1.82) is 0 Å². The Hall–Kier alpha value is -2.23. The quantitative estimate of drug-likeness (QED) is 0.337. The van der Waals surface area contributed by atoms with Crippen molar-refractivity contribution in [3.63, 3.8) is 0 Å². The molecule has 34 heavy (non-hydrogen) atoms. The molecule has 2 aromatic heterocycles. The molecule has 1 aliphatic heterocycles. The summed E-state index contributed by atoms with van der Waals surface area (Å²) in [6.45, 7) is 2.58. The fraction of sp³-hybridized carbons (Fsp3) is 0.480. The maximum atomic E-state index is 15.4. The molecule has 3 heterocycles. The van der Waals surface area contributed by atoms with Crippen LogP contribution < -0.4 is 4.74 Å². The summed E-state index contributed by atoms with van der Waals surface area (Å²) in [6, 6.07) is 7.24. The monoisotopic (exact) mass is 503 g/mol. The highest BCUT2D eigenvalue weighted by Crippen LogP contribution is 2.36. The van der Waals surface area contributed by atoms with Crippen molar-refractivity contribution in [2.75, 3.05) is 32.5 Å². The van der Waals surface area contributed by atoms with Gasteiger partial charge >= 0.3 is 5.97 Å². The highest BCUT2D eigenvalue weighted by Gasteiger charge is 2.31. The molecule has 6 nitrogen and oxygen atoms in total. The second-order valence-electron chi connectivity index (χ2n) is 8.68. The Bertz CT molecular complexity index is 1080. The normalized spacial score (nSPS) is 19.8. The topological polar surface area (TPSA) is 75.5 Å². The average molecular weight is 504 g/mol. The number of halogens is 1. The molecular formula is C25H30FN3O3S2. The minimum absolute atomic E-state index is 0.0394. The summed E-state index contributed by atoms with van der Waals surface area (Å²) in [5.74, 6) is 1.08. The maximum Gasteiger partial charge on any atom is 0.303 e. The lowest BCUT2D eigenvalue weighted by Gasteiger charge is -2.38. The van der Waals surface area contributed by atoms with E-state index in [-0.39, 0.29) is 18.3 Å². The van der Waals surface area contributed by atoms with Crippen LogP contribution in [-0.2, 0) is 4.79 Å². The van der Waals surface area contributed by atoms with Crippen LogP contribution in [0.25, 0.3) is 10.9 Å². The van der Waals surface area contributed by atoms with Gasteiger partial charge in [0, 0.05) is 48.4 Å². The molecule has 1 fully saturated rings. The van der Waals surface area contributed by atoms with Crippen LogP contribution in [-0.4, -0.2) is 58.4 Å². The molecule has 0 spiro atoms. The van der Waals surface area contributed by atoms with Crippen LogP contribution in [0.4, 0.5) is 4.39 Å². The van der Waals surface area contributed by atoms with E-state index in [0.717, 1.165) is 47.1 Å². The van der Waals surface area contributed by atoms with Gasteiger partial charge in [0.1, 0.15) is 16.3 Å². The van der Waals surface area contributed by atoms with Gasteiger partial charge in [0.05, 0.1) is 12.6 Å². The molecular weight excluding hydrogens is 473 g/mol. The number of alkyl halides is 1. The zero-order chi connectivity index (χ0) is 23.9. The predicted octanol–water partition coefficient (Wildman–Crippen LogP) is 5.70. The lowest BCUT2D eigenvalue weighted by molar-refractivity contribution is -0.139. The number of carboxylic acid groups (broad SMARTS) is 1. The molecule has 0 saturated carbocycles. The number of nitrogens with zero attached hydrogens (tertiary/aromatic N) is 3. The summed E-state index contributed by atoms with van der Waals surface area (Å²) in [4.78, 5) is 22.5. The number of carbonyl (C=O) groups is 1. The van der Waals surface area contributed by atoms with Gasteiger partial charge < -0.3 is 14.7 Å². The molecule has 3 aromatic rings. The van der Waals surface area contributed by atoms with E-state index in [2.05, 4.69) is 14.9 Å². The molecule has 1 aromatic carbocycles. The summed E-state index contributed by atoms with van der Waals surface area (Å²) in [6.07, 6.45) is 4.41. The van der Waals surface area contributed by atoms with E-state index in [9.17, 15) is 9.90 Å². The number of rotatable bonds is 11. The Morgan fingerprint density at radius 1 is 1.32 bits per heavy atom. The van der Waals surface area contributed by atoms with Gasteiger partial charge in [-0.2, -0.15) is 0 Å². The van der Waals surface area contributed by atoms with Gasteiger partial charge in [0.25, 0.3) is 0 Å². The SMILES string of the molecule is COc1ccc2nccc([C@H](F)CC[C@@H]3CCN(CCSc4nccs4)C[C@@H]3CC(=O)O)c2c1. The number of methoxy groups -OCH3 is 1. The number of thioether (sulfide) groups is 1. The van der Waals surface area contributed by atoms with Gasteiger partial charge in [0.15, 0.2) is 0 Å². The summed E-state index contributed by atoms with van der Waals surface area (Å²) in [5, 5.41) is 12.2. The number of piperidine rings is 1. The lowest BCUT2D eigenvalue weighted by Crippen LogP contribution is -2.42. The number of ether oxygens (including phenoxy) is 1. The van der Waals surface area contributed by atoms with Gasteiger partial charge in [-0.05, 0) is 67.5 Å². The first-order valence-electron chi connectivity index (χ1n) is 11.6. The van der Waals surface area contributed by atoms with Crippen molar-refractivity contribution < 1.29 is 19.0 Å². The number of hydrogen-bond acceptors (Lipinski definition) is 7. The Morgan fingerprint density at radius 2 is 2.21 bits per heavy atom. The van der Waals surface area contributed by atoms with Crippen molar-refractivity contribution in [3.05, 3.63) is 47.6 Å². The van der Waals surface area contributed by atoms with E-state index in [4.69, 9.17) is 4.74 Å². The second kappa shape index (κ2) is 12.0. The smallest absolute Gasteiger partial charge is 0.303 e. The van der Waals surface area contributed by atoms with Gasteiger partial charge in [0.2, 0.25) is 0 Å². The van der Waals surface area contributed by atoms with Crippen LogP contribution >= 0.6 is 23.1 Å². The van der Waals surface area contributed by atoms with E-state index in [1.54, 1.807) is 42.5 Å². The number of carboxylic acids is 1. The standard InChI is InChI=1S/C25H30FN3O3S2/c1-32-19-3-5-23-21(15-19)20(6-8-27-23)22(26)4-2-17-7-10-29(16-18(17)14-24(30)31)11-13-34-25-28-9-12-33-25/h3,5-6,8-9,12,15,17-18,22H,2,4,7,10-11,13-14,16H2,1H3,(H,30,31)/t17-,18+,22-/m1/s1. The van der Waals surface area contributed by atoms with Crippen LogP contribution in [0.3, 0.4) is 0 Å². The van der Waals surface area contributed by atoms with Gasteiger partial charge in [-0.3, -0.25) is 9.78 Å². The van der Waals surface area contributed by atoms with Crippen LogP contribution in [0.5, 0.6) is 5.75 Å². The number of aliphatic carboxylic acids is 1. The molecule has 3 atom stereocenters. The molecule has 4 rings (SSSR count). The number of thiazole rings is 1. The van der Waals surface area contributed by atoms with Crippen LogP contribution in [0.2, 0.25) is 0 Å². The third-order valence-corrected chi connectivity index (χ3v) is 8.51. The first-order chi connectivity index (χ1) is 16.5. The van der Waals surface area contributed by atoms with Gasteiger partial charge in [-0.1, -0.05) is 11.8 Å². The predicted molar refractivity (Wildman–Crippen MR) is 135 cm³/mol. The number of pyridine rings is 1. The zero-order valence-electron chi connectivity index (χ0n) is 19.2. The fourth-order valence-corrected chi connectivity index (χ4v) is 6.51. The molecule has 1 saturated heterocycles. The van der Waals surface area contributed by atoms with E-state index in [1.165, 1.54) is 0 Å². The fourth-order valence-electron chi connectivity index (χ4n) is 4.80. The first-order valence-corrected chi connectivity index (χ1v) is 13.4. The lowest BCUT2D eigenvalue weighted by atomic mass is 9.79. The summed E-state index contributed by atoms with van der Waals surface area (Å²) < 4.78 is 21.8. The number of likely N-dealkylation sites (tertiary alicyclic amines) is 1. The van der Waals surface area contributed by atoms with Crippen molar-refractivity contribution in [2.24, 2.45) is 11.8 Å². The molecule has 1 aliphatic rings. The van der Waals surface area contributed by atoms with Crippen molar-refractivity contribution >= 4 is 40.0 Å². The Labute approximate surface area is 207 Å². The minimum Gasteiger partial charge on any atom is -0.497 e. The molecule has 1 N–H and O–H groups in total. The number of aromatic nitrogens is 2. The Morgan fingerprint density at radius 3 is 2.97 bits per heavy atom. The number of benzene rings is 1. The van der Waals surface area contributed by atoms with Gasteiger partial charge in [-0.15, -0.1) is 11.3 Å². The van der Waals surface area contributed by atoms with E-state index >= 15 is 4.39 Å². The van der Waals surface area contributed by atoms with Crippen molar-refractivity contribution in [2.45, 2.75) is 36.2 Å². The van der Waals surface area contributed by atoms with Crippen molar-refractivity contribution in [3.8, 4) is 5.75 Å². The summed E-state index contributed by atoms with van der Waals surface area (Å²) in [7, 11) is 1.59. The zero-order valence-corrected chi connectivity index (χ0v) is 20.9. The summed E-state index contributed by atoms with van der Waals surface area (Å²) in [5.41, 5.74) is 1.36. The van der Waals surface area contributed by atoms with Crippen LogP contribution in [0, 0.1) is 11.8 Å². The highest BCUT2D eigenvalue weighted by molar-refractivity contribution is 8.01.